The third kappa shape index (κ3) is 2.81. The molecule has 0 saturated carbocycles. The molecule has 110 valence electrons. The lowest BCUT2D eigenvalue weighted by atomic mass is 10.1. The number of hydrogen-bond donors (Lipinski definition) is 0. The van der Waals surface area contributed by atoms with Crippen molar-refractivity contribution in [2.75, 3.05) is 13.7 Å². The van der Waals surface area contributed by atoms with Crippen molar-refractivity contribution in [1.82, 2.24) is 10.1 Å². The Labute approximate surface area is 118 Å². The van der Waals surface area contributed by atoms with Crippen LogP contribution in [0.25, 0.3) is 11.5 Å². The maximum absolute atomic E-state index is 11.5. The predicted octanol–water partition coefficient (Wildman–Crippen LogP) is 1.83. The molecule has 9 nitrogen and oxygen atoms in total. The highest BCUT2D eigenvalue weighted by atomic mass is 16.6. The van der Waals surface area contributed by atoms with Gasteiger partial charge in [-0.15, -0.1) is 0 Å². The maximum Gasteiger partial charge on any atom is 0.379 e. The molecule has 0 saturated heterocycles. The van der Waals surface area contributed by atoms with Crippen molar-refractivity contribution in [3.05, 3.63) is 34.1 Å². The average molecular weight is 293 g/mol. The first-order valence-corrected chi connectivity index (χ1v) is 5.91. The van der Waals surface area contributed by atoms with E-state index in [0.717, 1.165) is 0 Å². The zero-order chi connectivity index (χ0) is 15.4. The van der Waals surface area contributed by atoms with Gasteiger partial charge in [0.2, 0.25) is 5.75 Å². The van der Waals surface area contributed by atoms with Gasteiger partial charge in [0.05, 0.1) is 24.2 Å². The number of aromatic nitrogens is 2. The molecule has 0 aliphatic rings. The van der Waals surface area contributed by atoms with Crippen LogP contribution in [0.2, 0.25) is 0 Å². The minimum absolute atomic E-state index is 0.0263. The van der Waals surface area contributed by atoms with Crippen LogP contribution in [0.4, 0.5) is 5.69 Å². The fourth-order valence-electron chi connectivity index (χ4n) is 1.66. The van der Waals surface area contributed by atoms with E-state index in [1.54, 1.807) is 6.92 Å². The van der Waals surface area contributed by atoms with E-state index in [-0.39, 0.29) is 35.3 Å². The van der Waals surface area contributed by atoms with E-state index in [4.69, 9.17) is 14.0 Å². The van der Waals surface area contributed by atoms with E-state index in [1.165, 1.54) is 25.3 Å². The van der Waals surface area contributed by atoms with Gasteiger partial charge in [-0.1, -0.05) is 6.07 Å². The van der Waals surface area contributed by atoms with E-state index in [0.29, 0.717) is 0 Å². The highest BCUT2D eigenvalue weighted by molar-refractivity contribution is 5.85. The fourth-order valence-corrected chi connectivity index (χ4v) is 1.66. The van der Waals surface area contributed by atoms with E-state index in [2.05, 4.69) is 10.1 Å². The molecule has 2 rings (SSSR count). The molecule has 0 radical (unpaired) electrons. The average Bonchev–Trinajstić information content (AvgIpc) is 2.96. The molecular weight excluding hydrogens is 282 g/mol. The van der Waals surface area contributed by atoms with Crippen LogP contribution < -0.4 is 4.74 Å². The second kappa shape index (κ2) is 5.99. The predicted molar refractivity (Wildman–Crippen MR) is 68.9 cm³/mol. The van der Waals surface area contributed by atoms with E-state index < -0.39 is 10.9 Å². The molecule has 0 N–H and O–H groups in total. The molecule has 21 heavy (non-hydrogen) atoms. The molecule has 0 atom stereocenters. The van der Waals surface area contributed by atoms with E-state index >= 15 is 0 Å². The van der Waals surface area contributed by atoms with Gasteiger partial charge in [0, 0.05) is 6.07 Å². The number of carbonyl (C=O) groups excluding carboxylic acids is 1. The van der Waals surface area contributed by atoms with Crippen LogP contribution in [-0.2, 0) is 4.74 Å². The third-order valence-corrected chi connectivity index (χ3v) is 2.51. The van der Waals surface area contributed by atoms with Crippen LogP contribution in [0.5, 0.6) is 5.75 Å². The van der Waals surface area contributed by atoms with Gasteiger partial charge < -0.3 is 14.0 Å². The largest absolute Gasteiger partial charge is 0.490 e. The summed E-state index contributed by atoms with van der Waals surface area (Å²) in [6.07, 6.45) is 0. The van der Waals surface area contributed by atoms with Gasteiger partial charge in [0.15, 0.2) is 0 Å². The number of hydrogen-bond acceptors (Lipinski definition) is 8. The summed E-state index contributed by atoms with van der Waals surface area (Å²) in [4.78, 5) is 25.7. The second-order valence-corrected chi connectivity index (χ2v) is 3.76. The first-order chi connectivity index (χ1) is 10.1. The summed E-state index contributed by atoms with van der Waals surface area (Å²) in [5.74, 6) is -1.10. The zero-order valence-corrected chi connectivity index (χ0v) is 11.2. The molecule has 1 heterocycles. The van der Waals surface area contributed by atoms with Crippen LogP contribution in [0.1, 0.15) is 17.5 Å². The highest BCUT2D eigenvalue weighted by Crippen LogP contribution is 2.36. The van der Waals surface area contributed by atoms with Crippen molar-refractivity contribution in [1.29, 1.82) is 0 Å². The van der Waals surface area contributed by atoms with E-state index in [9.17, 15) is 14.9 Å². The summed E-state index contributed by atoms with van der Waals surface area (Å²) in [6.45, 7) is 1.81. The van der Waals surface area contributed by atoms with Crippen LogP contribution in [-0.4, -0.2) is 34.7 Å². The minimum Gasteiger partial charge on any atom is -0.490 e. The van der Waals surface area contributed by atoms with Gasteiger partial charge in [-0.3, -0.25) is 10.1 Å². The standard InChI is InChI=1S/C12H11N3O6/c1-3-20-12(16)10-13-11(21-14-10)7-5-4-6-8(15(17)18)9(7)19-2/h4-6H,3H2,1-2H3. The number of esters is 1. The van der Waals surface area contributed by atoms with Crippen molar-refractivity contribution in [3.63, 3.8) is 0 Å². The molecule has 1 aromatic heterocycles. The normalized spacial score (nSPS) is 10.2. The van der Waals surface area contributed by atoms with Crippen LogP contribution >= 0.6 is 0 Å². The highest BCUT2D eigenvalue weighted by Gasteiger charge is 2.24. The lowest BCUT2D eigenvalue weighted by Crippen LogP contribution is -2.06. The SMILES string of the molecule is CCOC(=O)c1noc(-c2cccc([N+](=O)[O-])c2OC)n1. The van der Waals surface area contributed by atoms with Crippen LogP contribution in [0, 0.1) is 10.1 Å². The smallest absolute Gasteiger partial charge is 0.379 e. The Hall–Kier alpha value is -2.97. The summed E-state index contributed by atoms with van der Waals surface area (Å²) in [6, 6.07) is 4.24. The number of nitro groups is 1. The lowest BCUT2D eigenvalue weighted by Gasteiger charge is -2.04. The Morgan fingerprint density at radius 2 is 2.24 bits per heavy atom. The summed E-state index contributed by atoms with van der Waals surface area (Å²) in [5.41, 5.74) is -0.0272. The third-order valence-electron chi connectivity index (χ3n) is 2.51. The molecule has 0 spiro atoms. The van der Waals surface area contributed by atoms with Crippen molar-refractivity contribution in [3.8, 4) is 17.2 Å². The van der Waals surface area contributed by atoms with Gasteiger partial charge in [-0.2, -0.15) is 4.98 Å². The monoisotopic (exact) mass is 293 g/mol. The summed E-state index contributed by atoms with van der Waals surface area (Å²) in [7, 11) is 1.29. The number of carbonyl (C=O) groups is 1. The van der Waals surface area contributed by atoms with Gasteiger partial charge in [0.1, 0.15) is 0 Å². The molecule has 9 heteroatoms. The van der Waals surface area contributed by atoms with Crippen molar-refractivity contribution in [2.45, 2.75) is 6.92 Å². The molecule has 0 unspecified atom stereocenters. The molecule has 0 amide bonds. The molecule has 0 bridgehead atoms. The number of nitrogens with zero attached hydrogens (tertiary/aromatic N) is 3. The zero-order valence-electron chi connectivity index (χ0n) is 11.2. The quantitative estimate of drug-likeness (QED) is 0.465. The van der Waals surface area contributed by atoms with Crippen molar-refractivity contribution in [2.24, 2.45) is 0 Å². The lowest BCUT2D eigenvalue weighted by molar-refractivity contribution is -0.385. The van der Waals surface area contributed by atoms with Gasteiger partial charge in [0.25, 0.3) is 11.7 Å². The molecule has 0 fully saturated rings. The number of ether oxygens (including phenoxy) is 2. The molecule has 0 aliphatic heterocycles. The summed E-state index contributed by atoms with van der Waals surface area (Å²) < 4.78 is 14.7. The number of rotatable bonds is 5. The Bertz CT molecular complexity index is 681. The Morgan fingerprint density at radius 3 is 2.86 bits per heavy atom. The summed E-state index contributed by atoms with van der Waals surface area (Å²) in [5, 5.41) is 14.4. The Kier molecular flexibility index (Phi) is 4.12. The number of para-hydroxylation sites is 1. The van der Waals surface area contributed by atoms with E-state index in [1.807, 2.05) is 0 Å². The van der Waals surface area contributed by atoms with Gasteiger partial charge in [-0.25, -0.2) is 4.79 Å². The minimum atomic E-state index is -0.739. The number of nitro benzene ring substituents is 1. The van der Waals surface area contributed by atoms with Gasteiger partial charge in [-0.05, 0) is 18.1 Å². The molecule has 2 aromatic rings. The Balaban J connectivity index is 2.45. The van der Waals surface area contributed by atoms with Crippen molar-refractivity contribution < 1.29 is 23.7 Å². The second-order valence-electron chi connectivity index (χ2n) is 3.76. The van der Waals surface area contributed by atoms with Gasteiger partial charge >= 0.3 is 11.7 Å². The fraction of sp³-hybridized carbons (Fsp3) is 0.250. The molecular formula is C12H11N3O6. The summed E-state index contributed by atoms with van der Waals surface area (Å²) >= 11 is 0. The number of benzene rings is 1. The maximum atomic E-state index is 11.5. The topological polar surface area (TPSA) is 118 Å². The molecule has 1 aromatic carbocycles. The first-order valence-electron chi connectivity index (χ1n) is 5.91. The van der Waals surface area contributed by atoms with Crippen LogP contribution in [0.3, 0.4) is 0 Å². The first kappa shape index (κ1) is 14.4. The molecule has 0 aliphatic carbocycles. The Morgan fingerprint density at radius 1 is 1.48 bits per heavy atom. The van der Waals surface area contributed by atoms with Crippen molar-refractivity contribution >= 4 is 11.7 Å². The van der Waals surface area contributed by atoms with Crippen LogP contribution in [0.15, 0.2) is 22.7 Å². The number of methoxy groups -OCH3 is 1.